The molecule has 1 aliphatic carbocycles. The predicted molar refractivity (Wildman–Crippen MR) is 99.6 cm³/mol. The third-order valence-electron chi connectivity index (χ3n) is 5.97. The highest BCUT2D eigenvalue weighted by molar-refractivity contribution is 5.66. The van der Waals surface area contributed by atoms with Gasteiger partial charge in [-0.3, -0.25) is 4.90 Å². The summed E-state index contributed by atoms with van der Waals surface area (Å²) in [6.45, 7) is 3.62. The zero-order valence-corrected chi connectivity index (χ0v) is 15.1. The van der Waals surface area contributed by atoms with E-state index >= 15 is 0 Å². The Morgan fingerprint density at radius 3 is 2.56 bits per heavy atom. The predicted octanol–water partition coefficient (Wildman–Crippen LogP) is 4.84. The van der Waals surface area contributed by atoms with Crippen molar-refractivity contribution in [3.63, 3.8) is 0 Å². The molecule has 2 aromatic rings. The number of benzene rings is 2. The SMILES string of the molecule is COc1ccc(-c2ccc3c(c2)CCC(N2CCCC2C)C3)cc1F. The molecule has 3 heteroatoms. The highest BCUT2D eigenvalue weighted by atomic mass is 19.1. The van der Waals surface area contributed by atoms with Crippen molar-refractivity contribution in [3.05, 3.63) is 53.3 Å². The van der Waals surface area contributed by atoms with Gasteiger partial charge in [0.05, 0.1) is 7.11 Å². The monoisotopic (exact) mass is 339 g/mol. The van der Waals surface area contributed by atoms with E-state index in [0.717, 1.165) is 30.0 Å². The molecule has 1 saturated heterocycles. The van der Waals surface area contributed by atoms with Gasteiger partial charge in [-0.05, 0) is 80.0 Å². The molecular formula is C22H26FNO. The largest absolute Gasteiger partial charge is 0.494 e. The molecule has 2 nitrogen and oxygen atoms in total. The smallest absolute Gasteiger partial charge is 0.165 e. The lowest BCUT2D eigenvalue weighted by Crippen LogP contribution is -2.41. The Morgan fingerprint density at radius 1 is 1.04 bits per heavy atom. The minimum Gasteiger partial charge on any atom is -0.494 e. The van der Waals surface area contributed by atoms with Crippen LogP contribution in [0, 0.1) is 5.82 Å². The molecular weight excluding hydrogens is 313 g/mol. The van der Waals surface area contributed by atoms with Gasteiger partial charge in [0, 0.05) is 12.1 Å². The minimum absolute atomic E-state index is 0.296. The van der Waals surface area contributed by atoms with Crippen molar-refractivity contribution in [2.24, 2.45) is 0 Å². The lowest BCUT2D eigenvalue weighted by atomic mass is 9.85. The second-order valence-corrected chi connectivity index (χ2v) is 7.46. The van der Waals surface area contributed by atoms with Gasteiger partial charge >= 0.3 is 0 Å². The fraction of sp³-hybridized carbons (Fsp3) is 0.455. The molecule has 1 aliphatic heterocycles. The van der Waals surface area contributed by atoms with Crippen LogP contribution in [-0.4, -0.2) is 30.6 Å². The topological polar surface area (TPSA) is 12.5 Å². The average Bonchev–Trinajstić information content (AvgIpc) is 3.06. The number of halogens is 1. The van der Waals surface area contributed by atoms with E-state index in [-0.39, 0.29) is 5.82 Å². The van der Waals surface area contributed by atoms with Gasteiger partial charge < -0.3 is 4.74 Å². The number of ether oxygens (including phenoxy) is 1. The van der Waals surface area contributed by atoms with E-state index in [0.29, 0.717) is 11.8 Å². The van der Waals surface area contributed by atoms with Crippen LogP contribution in [0.2, 0.25) is 0 Å². The first-order valence-electron chi connectivity index (χ1n) is 9.37. The van der Waals surface area contributed by atoms with Crippen molar-refractivity contribution in [3.8, 4) is 16.9 Å². The van der Waals surface area contributed by atoms with Crippen LogP contribution in [0.15, 0.2) is 36.4 Å². The van der Waals surface area contributed by atoms with Crippen LogP contribution in [0.4, 0.5) is 4.39 Å². The van der Waals surface area contributed by atoms with Gasteiger partial charge in [0.2, 0.25) is 0 Å². The summed E-state index contributed by atoms with van der Waals surface area (Å²) in [6, 6.07) is 13.3. The maximum Gasteiger partial charge on any atom is 0.165 e. The Balaban J connectivity index is 1.56. The maximum absolute atomic E-state index is 14.0. The Hall–Kier alpha value is -1.87. The molecule has 0 aromatic heterocycles. The van der Waals surface area contributed by atoms with E-state index in [1.165, 1.54) is 44.0 Å². The molecule has 1 fully saturated rings. The van der Waals surface area contributed by atoms with Crippen LogP contribution < -0.4 is 4.74 Å². The molecule has 0 amide bonds. The van der Waals surface area contributed by atoms with Crippen molar-refractivity contribution >= 4 is 0 Å². The number of nitrogens with zero attached hydrogens (tertiary/aromatic N) is 1. The first-order valence-corrected chi connectivity index (χ1v) is 9.37. The Labute approximate surface area is 149 Å². The van der Waals surface area contributed by atoms with Gasteiger partial charge in [-0.1, -0.05) is 24.3 Å². The summed E-state index contributed by atoms with van der Waals surface area (Å²) >= 11 is 0. The fourth-order valence-electron chi connectivity index (χ4n) is 4.54. The second-order valence-electron chi connectivity index (χ2n) is 7.46. The van der Waals surface area contributed by atoms with Gasteiger partial charge in [-0.2, -0.15) is 0 Å². The third kappa shape index (κ3) is 3.18. The number of hydrogen-bond acceptors (Lipinski definition) is 2. The standard InChI is InChI=1S/C22H26FNO/c1-15-4-3-11-24(15)20-9-7-17-12-16(5-6-18(17)13-20)19-8-10-22(25-2)21(23)14-19/h5-6,8,10,12,14-15,20H,3-4,7,9,11,13H2,1-2H3. The average molecular weight is 339 g/mol. The van der Waals surface area contributed by atoms with E-state index < -0.39 is 0 Å². The minimum atomic E-state index is -0.305. The van der Waals surface area contributed by atoms with Gasteiger partial charge in [0.25, 0.3) is 0 Å². The van der Waals surface area contributed by atoms with E-state index in [1.807, 2.05) is 6.07 Å². The van der Waals surface area contributed by atoms with Crippen molar-refractivity contribution in [1.82, 2.24) is 4.90 Å². The highest BCUT2D eigenvalue weighted by Gasteiger charge is 2.30. The molecule has 0 saturated carbocycles. The van der Waals surface area contributed by atoms with Crippen molar-refractivity contribution in [1.29, 1.82) is 0 Å². The zero-order valence-electron chi connectivity index (χ0n) is 15.1. The number of methoxy groups -OCH3 is 1. The van der Waals surface area contributed by atoms with E-state index in [9.17, 15) is 4.39 Å². The van der Waals surface area contributed by atoms with Crippen molar-refractivity contribution in [2.75, 3.05) is 13.7 Å². The summed E-state index contributed by atoms with van der Waals surface area (Å²) in [5, 5.41) is 0. The summed E-state index contributed by atoms with van der Waals surface area (Å²) in [4.78, 5) is 2.70. The summed E-state index contributed by atoms with van der Waals surface area (Å²) in [6.07, 6.45) is 6.18. The summed E-state index contributed by atoms with van der Waals surface area (Å²) in [7, 11) is 1.49. The summed E-state index contributed by atoms with van der Waals surface area (Å²) in [5.41, 5.74) is 4.90. The molecule has 4 rings (SSSR count). The molecule has 132 valence electrons. The van der Waals surface area contributed by atoms with Crippen molar-refractivity contribution in [2.45, 2.75) is 51.1 Å². The molecule has 2 atom stereocenters. The molecule has 25 heavy (non-hydrogen) atoms. The molecule has 0 spiro atoms. The van der Waals surface area contributed by atoms with Crippen LogP contribution in [0.25, 0.3) is 11.1 Å². The first kappa shape index (κ1) is 16.6. The summed E-state index contributed by atoms with van der Waals surface area (Å²) < 4.78 is 19.0. The summed E-state index contributed by atoms with van der Waals surface area (Å²) in [5.74, 6) is -0.00918. The van der Waals surface area contributed by atoms with Gasteiger partial charge in [-0.25, -0.2) is 4.39 Å². The van der Waals surface area contributed by atoms with Gasteiger partial charge in [0.1, 0.15) is 0 Å². The molecule has 0 bridgehead atoms. The van der Waals surface area contributed by atoms with E-state index in [2.05, 4.69) is 30.0 Å². The molecule has 2 aromatic carbocycles. The number of fused-ring (bicyclic) bond motifs is 1. The highest BCUT2D eigenvalue weighted by Crippen LogP contribution is 2.33. The van der Waals surface area contributed by atoms with Crippen LogP contribution >= 0.6 is 0 Å². The lowest BCUT2D eigenvalue weighted by Gasteiger charge is -2.35. The van der Waals surface area contributed by atoms with Crippen LogP contribution in [0.5, 0.6) is 5.75 Å². The number of aryl methyl sites for hydroxylation is 1. The first-order chi connectivity index (χ1) is 12.2. The zero-order chi connectivity index (χ0) is 17.4. The van der Waals surface area contributed by atoms with Crippen LogP contribution in [-0.2, 0) is 12.8 Å². The van der Waals surface area contributed by atoms with E-state index in [1.54, 1.807) is 12.1 Å². The molecule has 1 heterocycles. The van der Waals surface area contributed by atoms with Crippen molar-refractivity contribution < 1.29 is 9.13 Å². The molecule has 2 unspecified atom stereocenters. The molecule has 0 N–H and O–H groups in total. The number of likely N-dealkylation sites (tertiary alicyclic amines) is 1. The maximum atomic E-state index is 14.0. The Kier molecular flexibility index (Phi) is 4.51. The van der Waals surface area contributed by atoms with Gasteiger partial charge in [0.15, 0.2) is 11.6 Å². The number of rotatable bonds is 3. The lowest BCUT2D eigenvalue weighted by molar-refractivity contribution is 0.174. The Bertz CT molecular complexity index is 773. The van der Waals surface area contributed by atoms with Crippen LogP contribution in [0.3, 0.4) is 0 Å². The second kappa shape index (κ2) is 6.80. The van der Waals surface area contributed by atoms with Gasteiger partial charge in [-0.15, -0.1) is 0 Å². The normalized spacial score (nSPS) is 23.5. The third-order valence-corrected chi connectivity index (χ3v) is 5.97. The quantitative estimate of drug-likeness (QED) is 0.793. The molecule has 2 aliphatic rings. The number of hydrogen-bond donors (Lipinski definition) is 0. The fourth-order valence-corrected chi connectivity index (χ4v) is 4.54. The van der Waals surface area contributed by atoms with Crippen LogP contribution in [0.1, 0.15) is 37.3 Å². The molecule has 0 radical (unpaired) electrons. The Morgan fingerprint density at radius 2 is 1.84 bits per heavy atom. The van der Waals surface area contributed by atoms with E-state index in [4.69, 9.17) is 4.74 Å².